The lowest BCUT2D eigenvalue weighted by atomic mass is 9.80. The minimum Gasteiger partial charge on any atom is -0.303 e. The Morgan fingerprint density at radius 2 is 1.90 bits per heavy atom. The van der Waals surface area contributed by atoms with Crippen LogP contribution in [0.2, 0.25) is 0 Å². The molecule has 0 radical (unpaired) electrons. The number of aromatic nitrogens is 2. The number of hydrogen-bond acceptors (Lipinski definition) is 4. The minimum absolute atomic E-state index is 0.0455. The first kappa shape index (κ1) is 20.4. The Morgan fingerprint density at radius 3 is 2.61 bits per heavy atom. The number of amides is 3. The molecular weight excluding hydrogens is 404 g/mol. The molecule has 166 valence electrons. The Balaban J connectivity index is 1.20. The van der Waals surface area contributed by atoms with Crippen LogP contribution in [0.25, 0.3) is 5.52 Å². The van der Waals surface area contributed by atoms with E-state index in [1.54, 1.807) is 15.6 Å². The molecule has 1 aliphatic carbocycles. The van der Waals surface area contributed by atoms with Crippen LogP contribution in [-0.2, 0) is 11.2 Å². The number of piperidine rings is 1. The quantitative estimate of drug-likeness (QED) is 0.790. The van der Waals surface area contributed by atoms with E-state index in [0.29, 0.717) is 18.2 Å². The van der Waals surface area contributed by atoms with Crippen molar-refractivity contribution >= 4 is 23.1 Å². The van der Waals surface area contributed by atoms with Crippen molar-refractivity contribution in [2.24, 2.45) is 11.8 Å². The standard InChI is InChI=1S/C22H27F2N5O2/c23-22(24)11-17(12-22)14-27-5-1-15(2-6-27)9-16-3-8-29-18(10-16)19(13-25-29)28-7-4-20(30)26-21(28)31/h3,8,10,13,15,17H,1-2,4-7,9,11-12,14H2,(H,26,30,31). The molecule has 0 bridgehead atoms. The van der Waals surface area contributed by atoms with E-state index in [1.165, 1.54) is 5.56 Å². The summed E-state index contributed by atoms with van der Waals surface area (Å²) < 4.78 is 27.9. The second kappa shape index (κ2) is 7.85. The number of nitrogens with one attached hydrogen (secondary N) is 1. The Hall–Kier alpha value is -2.55. The molecule has 2 aliphatic heterocycles. The Kier molecular flexibility index (Phi) is 5.16. The average Bonchev–Trinajstić information content (AvgIpc) is 3.11. The number of rotatable bonds is 5. The van der Waals surface area contributed by atoms with Crippen LogP contribution >= 0.6 is 0 Å². The zero-order chi connectivity index (χ0) is 21.6. The second-order valence-corrected chi connectivity index (χ2v) is 9.23. The molecule has 5 rings (SSSR count). The summed E-state index contributed by atoms with van der Waals surface area (Å²) in [6, 6.07) is 3.73. The number of fused-ring (bicyclic) bond motifs is 1. The van der Waals surface area contributed by atoms with Gasteiger partial charge in [-0.25, -0.2) is 18.1 Å². The molecule has 9 heteroatoms. The van der Waals surface area contributed by atoms with Crippen molar-refractivity contribution in [2.45, 2.75) is 44.4 Å². The van der Waals surface area contributed by atoms with E-state index in [0.717, 1.165) is 44.4 Å². The van der Waals surface area contributed by atoms with E-state index in [-0.39, 0.29) is 31.1 Å². The van der Waals surface area contributed by atoms with Gasteiger partial charge in [-0.1, -0.05) is 0 Å². The Bertz CT molecular complexity index is 991. The molecule has 4 heterocycles. The molecule has 1 saturated carbocycles. The number of halogens is 2. The van der Waals surface area contributed by atoms with Crippen molar-refractivity contribution in [1.82, 2.24) is 19.8 Å². The van der Waals surface area contributed by atoms with Gasteiger partial charge in [0.1, 0.15) is 0 Å². The van der Waals surface area contributed by atoms with Gasteiger partial charge in [0.2, 0.25) is 11.8 Å². The smallest absolute Gasteiger partial charge is 0.303 e. The first-order chi connectivity index (χ1) is 14.9. The fourth-order valence-electron chi connectivity index (χ4n) is 5.13. The molecule has 0 aromatic carbocycles. The van der Waals surface area contributed by atoms with E-state index >= 15 is 0 Å². The summed E-state index contributed by atoms with van der Waals surface area (Å²) >= 11 is 0. The van der Waals surface area contributed by atoms with Crippen molar-refractivity contribution in [1.29, 1.82) is 0 Å². The third-order valence-corrected chi connectivity index (χ3v) is 6.83. The highest BCUT2D eigenvalue weighted by Crippen LogP contribution is 2.43. The first-order valence-electron chi connectivity index (χ1n) is 11.0. The largest absolute Gasteiger partial charge is 0.328 e. The van der Waals surface area contributed by atoms with Crippen LogP contribution in [0, 0.1) is 11.8 Å². The van der Waals surface area contributed by atoms with Crippen molar-refractivity contribution in [3.8, 4) is 0 Å². The van der Waals surface area contributed by atoms with Crippen molar-refractivity contribution in [2.75, 3.05) is 31.1 Å². The van der Waals surface area contributed by atoms with Gasteiger partial charge in [0.05, 0.1) is 17.4 Å². The number of carbonyl (C=O) groups excluding carboxylic acids is 2. The van der Waals surface area contributed by atoms with Gasteiger partial charge in [-0.2, -0.15) is 5.10 Å². The van der Waals surface area contributed by atoms with Crippen LogP contribution in [0.4, 0.5) is 19.3 Å². The lowest BCUT2D eigenvalue weighted by molar-refractivity contribution is -0.120. The molecule has 0 atom stereocenters. The van der Waals surface area contributed by atoms with Crippen LogP contribution < -0.4 is 10.2 Å². The second-order valence-electron chi connectivity index (χ2n) is 9.23. The Morgan fingerprint density at radius 1 is 1.13 bits per heavy atom. The third kappa shape index (κ3) is 4.28. The maximum Gasteiger partial charge on any atom is 0.328 e. The summed E-state index contributed by atoms with van der Waals surface area (Å²) in [6.45, 7) is 3.08. The SMILES string of the molecule is O=C1CCN(c2cnn3ccc(CC4CCN(CC5CC(F)(F)C5)CC4)cc23)C(=O)N1. The zero-order valence-corrected chi connectivity index (χ0v) is 17.4. The predicted molar refractivity (Wildman–Crippen MR) is 111 cm³/mol. The molecule has 3 amide bonds. The first-order valence-corrected chi connectivity index (χ1v) is 11.0. The summed E-state index contributed by atoms with van der Waals surface area (Å²) in [7, 11) is 0. The highest BCUT2D eigenvalue weighted by Gasteiger charge is 2.45. The van der Waals surface area contributed by atoms with Gasteiger partial charge in [0.25, 0.3) is 0 Å². The number of pyridine rings is 1. The molecule has 31 heavy (non-hydrogen) atoms. The fourth-order valence-corrected chi connectivity index (χ4v) is 5.13. The molecule has 3 fully saturated rings. The lowest BCUT2D eigenvalue weighted by Crippen LogP contribution is -2.49. The van der Waals surface area contributed by atoms with Gasteiger partial charge in [-0.3, -0.25) is 15.0 Å². The predicted octanol–water partition coefficient (Wildman–Crippen LogP) is 3.08. The zero-order valence-electron chi connectivity index (χ0n) is 17.4. The molecule has 3 aliphatic rings. The number of carbonyl (C=O) groups is 2. The minimum atomic E-state index is -2.43. The average molecular weight is 431 g/mol. The topological polar surface area (TPSA) is 70.0 Å². The third-order valence-electron chi connectivity index (χ3n) is 6.83. The molecule has 1 N–H and O–H groups in total. The van der Waals surface area contributed by atoms with E-state index in [9.17, 15) is 18.4 Å². The van der Waals surface area contributed by atoms with Crippen molar-refractivity contribution in [3.05, 3.63) is 30.1 Å². The molecule has 2 aromatic rings. The van der Waals surface area contributed by atoms with Gasteiger partial charge in [0, 0.05) is 38.5 Å². The highest BCUT2D eigenvalue weighted by atomic mass is 19.3. The van der Waals surface area contributed by atoms with Crippen molar-refractivity contribution in [3.63, 3.8) is 0 Å². The number of imide groups is 1. The number of alkyl halides is 2. The summed E-state index contributed by atoms with van der Waals surface area (Å²) in [6.07, 6.45) is 7.02. The molecule has 0 spiro atoms. The van der Waals surface area contributed by atoms with Crippen LogP contribution in [0.15, 0.2) is 24.5 Å². The van der Waals surface area contributed by atoms with Crippen molar-refractivity contribution < 1.29 is 18.4 Å². The summed E-state index contributed by atoms with van der Waals surface area (Å²) in [4.78, 5) is 27.6. The van der Waals surface area contributed by atoms with Crippen LogP contribution in [-0.4, -0.2) is 58.6 Å². The maximum absolute atomic E-state index is 13.1. The van der Waals surface area contributed by atoms with Gasteiger partial charge >= 0.3 is 6.03 Å². The van der Waals surface area contributed by atoms with Gasteiger partial charge in [-0.15, -0.1) is 0 Å². The number of anilines is 1. The molecular formula is C22H27F2N5O2. The summed E-state index contributed by atoms with van der Waals surface area (Å²) in [5.74, 6) is -1.98. The van der Waals surface area contributed by atoms with Crippen LogP contribution in [0.1, 0.15) is 37.7 Å². The molecule has 2 aromatic heterocycles. The molecule has 7 nitrogen and oxygen atoms in total. The van der Waals surface area contributed by atoms with Gasteiger partial charge in [-0.05, 0) is 61.9 Å². The molecule has 2 saturated heterocycles. The van der Waals surface area contributed by atoms with Gasteiger partial charge < -0.3 is 4.90 Å². The lowest BCUT2D eigenvalue weighted by Gasteiger charge is -2.40. The van der Waals surface area contributed by atoms with Gasteiger partial charge in [0.15, 0.2) is 0 Å². The van der Waals surface area contributed by atoms with E-state index in [1.807, 2.05) is 6.20 Å². The number of nitrogens with zero attached hydrogens (tertiary/aromatic N) is 4. The summed E-state index contributed by atoms with van der Waals surface area (Å²) in [5.41, 5.74) is 2.75. The molecule has 0 unspecified atom stereocenters. The van der Waals surface area contributed by atoms with E-state index < -0.39 is 12.0 Å². The fraction of sp³-hybridized carbons (Fsp3) is 0.591. The Labute approximate surface area is 179 Å². The van der Waals surface area contributed by atoms with Crippen LogP contribution in [0.5, 0.6) is 0 Å². The summed E-state index contributed by atoms with van der Waals surface area (Å²) in [5, 5.41) is 6.70. The monoisotopic (exact) mass is 431 g/mol. The highest BCUT2D eigenvalue weighted by molar-refractivity contribution is 6.07. The maximum atomic E-state index is 13.1. The number of likely N-dealkylation sites (tertiary alicyclic amines) is 1. The van der Waals surface area contributed by atoms with Crippen LogP contribution in [0.3, 0.4) is 0 Å². The van der Waals surface area contributed by atoms with E-state index in [4.69, 9.17) is 0 Å². The normalized spacial score (nSPS) is 23.2. The number of urea groups is 1. The number of hydrogen-bond donors (Lipinski definition) is 1. The van der Waals surface area contributed by atoms with E-state index in [2.05, 4.69) is 27.4 Å².